The van der Waals surface area contributed by atoms with Gasteiger partial charge in [-0.25, -0.2) is 8.42 Å². The maximum Gasteiger partial charge on any atom is 0.310 e. The molecule has 0 aromatic rings. The molecule has 0 rings (SSSR count). The summed E-state index contributed by atoms with van der Waals surface area (Å²) < 4.78 is 24.5. The molecule has 0 aliphatic rings. The molecule has 0 aromatic heterocycles. The zero-order valence-electron chi connectivity index (χ0n) is 6.94. The quantitative estimate of drug-likeness (QED) is 0.643. The van der Waals surface area contributed by atoms with Crippen molar-refractivity contribution in [1.82, 2.24) is 0 Å². The Kier molecular flexibility index (Phi) is 2.98. The van der Waals surface area contributed by atoms with Crippen molar-refractivity contribution in [2.24, 2.45) is 9.81 Å². The predicted molar refractivity (Wildman–Crippen MR) is 44.8 cm³/mol. The summed E-state index contributed by atoms with van der Waals surface area (Å²) in [5, 5.41) is 8.57. The van der Waals surface area contributed by atoms with Crippen molar-refractivity contribution in [2.75, 3.05) is 5.75 Å². The molecule has 6 heteroatoms. The molecular formula is C6H11NO4S. The third-order valence-corrected chi connectivity index (χ3v) is 2.80. The van der Waals surface area contributed by atoms with E-state index < -0.39 is 27.2 Å². The summed E-state index contributed by atoms with van der Waals surface area (Å²) in [4.78, 5) is 10.5. The Hall–Kier alpha value is -0.910. The normalized spacial score (nSPS) is 12.5. The van der Waals surface area contributed by atoms with Crippen molar-refractivity contribution in [3.63, 3.8) is 0 Å². The van der Waals surface area contributed by atoms with E-state index in [1.54, 1.807) is 0 Å². The highest BCUT2D eigenvalue weighted by Crippen LogP contribution is 2.18. The van der Waals surface area contributed by atoms with Crippen LogP contribution in [0.3, 0.4) is 0 Å². The molecule has 0 aliphatic heterocycles. The molecule has 12 heavy (non-hydrogen) atoms. The van der Waals surface area contributed by atoms with Gasteiger partial charge in [-0.2, -0.15) is 4.40 Å². The molecule has 0 bridgehead atoms. The second-order valence-electron chi connectivity index (χ2n) is 3.04. The van der Waals surface area contributed by atoms with Crippen LogP contribution in [-0.4, -0.2) is 32.0 Å². The van der Waals surface area contributed by atoms with Crippen LogP contribution in [0.1, 0.15) is 13.8 Å². The summed E-state index contributed by atoms with van der Waals surface area (Å²) in [5.41, 5.74) is -1.32. The van der Waals surface area contributed by atoms with E-state index in [0.29, 0.717) is 0 Å². The summed E-state index contributed by atoms with van der Waals surface area (Å²) in [6.45, 7) is 5.48. The van der Waals surface area contributed by atoms with E-state index >= 15 is 0 Å². The second kappa shape index (κ2) is 3.22. The first-order chi connectivity index (χ1) is 5.21. The van der Waals surface area contributed by atoms with E-state index in [4.69, 9.17) is 5.11 Å². The molecule has 0 spiro atoms. The van der Waals surface area contributed by atoms with Crippen molar-refractivity contribution in [3.8, 4) is 0 Å². The number of carbonyl (C=O) groups is 1. The molecule has 0 aromatic carbocycles. The summed E-state index contributed by atoms with van der Waals surface area (Å²) in [5.74, 6) is -1.70. The van der Waals surface area contributed by atoms with Gasteiger partial charge in [-0.1, -0.05) is 0 Å². The maximum absolute atomic E-state index is 10.8. The van der Waals surface area contributed by atoms with E-state index in [2.05, 4.69) is 11.1 Å². The van der Waals surface area contributed by atoms with Crippen LogP contribution < -0.4 is 0 Å². The first kappa shape index (κ1) is 11.1. The van der Waals surface area contributed by atoms with Gasteiger partial charge in [-0.15, -0.1) is 0 Å². The summed E-state index contributed by atoms with van der Waals surface area (Å²) in [6.07, 6.45) is 0. The molecule has 0 fully saturated rings. The van der Waals surface area contributed by atoms with E-state index in [1.165, 1.54) is 13.8 Å². The Morgan fingerprint density at radius 2 is 2.00 bits per heavy atom. The molecule has 0 unspecified atom stereocenters. The first-order valence-electron chi connectivity index (χ1n) is 3.15. The fourth-order valence-corrected chi connectivity index (χ4v) is 1.69. The largest absolute Gasteiger partial charge is 0.481 e. The average Bonchev–Trinajstić information content (AvgIpc) is 1.85. The van der Waals surface area contributed by atoms with Gasteiger partial charge in [-0.05, 0) is 13.8 Å². The standard InChI is InChI=1S/C6H11NO4S/c1-6(2,5(8)9)4-12(10,11)7-3/h3-4H2,1-2H3,(H,8,9). The number of carboxylic acids is 1. The smallest absolute Gasteiger partial charge is 0.310 e. The molecule has 0 heterocycles. The fourth-order valence-electron chi connectivity index (χ4n) is 0.563. The van der Waals surface area contributed by atoms with Gasteiger partial charge >= 0.3 is 5.97 Å². The topological polar surface area (TPSA) is 83.8 Å². The Morgan fingerprint density at radius 1 is 1.58 bits per heavy atom. The Morgan fingerprint density at radius 3 is 2.25 bits per heavy atom. The van der Waals surface area contributed by atoms with Crippen LogP contribution in [0.5, 0.6) is 0 Å². The fraction of sp³-hybridized carbons (Fsp3) is 0.667. The van der Waals surface area contributed by atoms with Crippen LogP contribution in [0.15, 0.2) is 4.40 Å². The van der Waals surface area contributed by atoms with Gasteiger partial charge in [0, 0.05) is 6.72 Å². The minimum atomic E-state index is -3.69. The molecular weight excluding hydrogens is 182 g/mol. The van der Waals surface area contributed by atoms with Gasteiger partial charge in [-0.3, -0.25) is 4.79 Å². The van der Waals surface area contributed by atoms with Gasteiger partial charge in [0.05, 0.1) is 11.2 Å². The Bertz CT molecular complexity index is 291. The monoisotopic (exact) mass is 193 g/mol. The lowest BCUT2D eigenvalue weighted by Gasteiger charge is -2.16. The Labute approximate surface area is 71.2 Å². The van der Waals surface area contributed by atoms with Crippen molar-refractivity contribution in [1.29, 1.82) is 0 Å². The minimum absolute atomic E-state index is 0.529. The average molecular weight is 193 g/mol. The lowest BCUT2D eigenvalue weighted by molar-refractivity contribution is -0.145. The molecule has 0 saturated heterocycles. The van der Waals surface area contributed by atoms with Gasteiger partial charge in [0.1, 0.15) is 0 Å². The van der Waals surface area contributed by atoms with Crippen molar-refractivity contribution >= 4 is 22.7 Å². The maximum atomic E-state index is 10.8. The highest BCUT2D eigenvalue weighted by Gasteiger charge is 2.32. The number of nitrogens with zero attached hydrogens (tertiary/aromatic N) is 1. The summed E-state index contributed by atoms with van der Waals surface area (Å²) >= 11 is 0. The predicted octanol–water partition coefficient (Wildman–Crippen LogP) is 0.128. The Balaban J connectivity index is 4.68. The first-order valence-corrected chi connectivity index (χ1v) is 4.76. The van der Waals surface area contributed by atoms with E-state index in [-0.39, 0.29) is 0 Å². The molecule has 0 atom stereocenters. The van der Waals surface area contributed by atoms with Crippen LogP contribution in [0.4, 0.5) is 0 Å². The van der Waals surface area contributed by atoms with Crippen molar-refractivity contribution < 1.29 is 18.3 Å². The van der Waals surface area contributed by atoms with E-state index in [9.17, 15) is 13.2 Å². The molecule has 5 nitrogen and oxygen atoms in total. The number of sulfonamides is 1. The van der Waals surface area contributed by atoms with Crippen LogP contribution in [-0.2, 0) is 14.8 Å². The SMILES string of the molecule is C=NS(=O)(=O)CC(C)(C)C(=O)O. The van der Waals surface area contributed by atoms with Crippen molar-refractivity contribution in [3.05, 3.63) is 0 Å². The zero-order valence-corrected chi connectivity index (χ0v) is 7.76. The van der Waals surface area contributed by atoms with Gasteiger partial charge < -0.3 is 5.11 Å². The highest BCUT2D eigenvalue weighted by atomic mass is 32.2. The van der Waals surface area contributed by atoms with E-state index in [0.717, 1.165) is 0 Å². The van der Waals surface area contributed by atoms with Crippen LogP contribution in [0.2, 0.25) is 0 Å². The van der Waals surface area contributed by atoms with Gasteiger partial charge in [0.2, 0.25) is 0 Å². The lowest BCUT2D eigenvalue weighted by Crippen LogP contribution is -2.31. The lowest BCUT2D eigenvalue weighted by atomic mass is 9.97. The third-order valence-electron chi connectivity index (χ3n) is 1.32. The number of rotatable bonds is 4. The third kappa shape index (κ3) is 3.00. The second-order valence-corrected chi connectivity index (χ2v) is 4.76. The summed E-state index contributed by atoms with van der Waals surface area (Å²) in [7, 11) is -3.69. The molecule has 0 radical (unpaired) electrons. The van der Waals surface area contributed by atoms with Crippen LogP contribution in [0.25, 0.3) is 0 Å². The molecule has 1 N–H and O–H groups in total. The number of hydrogen-bond donors (Lipinski definition) is 1. The molecule has 0 saturated carbocycles. The number of carboxylic acid groups (broad SMARTS) is 1. The minimum Gasteiger partial charge on any atom is -0.481 e. The summed E-state index contributed by atoms with van der Waals surface area (Å²) in [6, 6.07) is 0. The van der Waals surface area contributed by atoms with Gasteiger partial charge in [0.15, 0.2) is 0 Å². The zero-order chi connectivity index (χ0) is 9.99. The van der Waals surface area contributed by atoms with Crippen LogP contribution >= 0.6 is 0 Å². The highest BCUT2D eigenvalue weighted by molar-refractivity contribution is 7.90. The number of aliphatic carboxylic acids is 1. The molecule has 70 valence electrons. The van der Waals surface area contributed by atoms with E-state index in [1.807, 2.05) is 0 Å². The molecule has 0 aliphatic carbocycles. The molecule has 0 amide bonds. The van der Waals surface area contributed by atoms with Crippen LogP contribution in [0, 0.1) is 5.41 Å². The van der Waals surface area contributed by atoms with Gasteiger partial charge in [0.25, 0.3) is 10.0 Å². The van der Waals surface area contributed by atoms with Crippen molar-refractivity contribution in [2.45, 2.75) is 13.8 Å². The number of hydrogen-bond acceptors (Lipinski definition) is 3.